The van der Waals surface area contributed by atoms with Crippen LogP contribution in [0.5, 0.6) is 0 Å². The van der Waals surface area contributed by atoms with E-state index in [1.807, 2.05) is 19.0 Å². The molecule has 1 fully saturated rings. The van der Waals surface area contributed by atoms with Gasteiger partial charge in [-0.2, -0.15) is 0 Å². The number of hydrogen-bond donors (Lipinski definition) is 1. The maximum absolute atomic E-state index is 11.9. The van der Waals surface area contributed by atoms with Crippen molar-refractivity contribution in [2.75, 3.05) is 34.2 Å². The molecule has 1 amide bonds. The van der Waals surface area contributed by atoms with Crippen molar-refractivity contribution >= 4 is 30.7 Å². The van der Waals surface area contributed by atoms with Crippen LogP contribution in [0, 0.1) is 0 Å². The van der Waals surface area contributed by atoms with Gasteiger partial charge < -0.3 is 15.1 Å². The van der Waals surface area contributed by atoms with Crippen LogP contribution in [-0.2, 0) is 4.79 Å². The van der Waals surface area contributed by atoms with Gasteiger partial charge in [-0.25, -0.2) is 0 Å². The van der Waals surface area contributed by atoms with Crippen LogP contribution >= 0.6 is 24.8 Å². The van der Waals surface area contributed by atoms with Gasteiger partial charge in [0.2, 0.25) is 5.91 Å². The third kappa shape index (κ3) is 5.74. The first kappa shape index (κ1) is 20.3. The van der Waals surface area contributed by atoms with Crippen LogP contribution < -0.4 is 5.32 Å². The summed E-state index contributed by atoms with van der Waals surface area (Å²) in [5.41, 5.74) is 0. The predicted molar refractivity (Wildman–Crippen MR) is 80.9 cm³/mol. The van der Waals surface area contributed by atoms with Gasteiger partial charge in [-0.05, 0) is 33.9 Å². The number of halogens is 2. The number of hydrogen-bond acceptors (Lipinski definition) is 3. The number of rotatable bonds is 4. The van der Waals surface area contributed by atoms with Gasteiger partial charge in [0.1, 0.15) is 0 Å². The molecule has 1 rings (SSSR count). The normalized spacial score (nSPS) is 23.8. The van der Waals surface area contributed by atoms with E-state index in [9.17, 15) is 4.79 Å². The Balaban J connectivity index is 0. The summed E-state index contributed by atoms with van der Waals surface area (Å²) in [7, 11) is 5.98. The Morgan fingerprint density at radius 1 is 1.44 bits per heavy atom. The van der Waals surface area contributed by atoms with E-state index in [2.05, 4.69) is 24.2 Å². The van der Waals surface area contributed by atoms with Gasteiger partial charge in [0.05, 0.1) is 0 Å². The summed E-state index contributed by atoms with van der Waals surface area (Å²) in [4.78, 5) is 16.2. The van der Waals surface area contributed by atoms with E-state index in [0.29, 0.717) is 18.5 Å². The molecule has 0 aromatic heterocycles. The highest BCUT2D eigenvalue weighted by molar-refractivity contribution is 5.85. The standard InChI is InChI=1S/C12H25N3O.2ClH/c1-10-9-11(6-8-14(10)3)15(4)12(16)5-7-13-2;;/h10-11,13H,5-9H2,1-4H3;2*1H. The molecule has 0 aromatic carbocycles. The molecule has 2 atom stereocenters. The molecule has 0 aliphatic carbocycles. The molecule has 0 saturated carbocycles. The second-order valence-electron chi connectivity index (χ2n) is 4.87. The highest BCUT2D eigenvalue weighted by atomic mass is 35.5. The van der Waals surface area contributed by atoms with Crippen molar-refractivity contribution in [3.63, 3.8) is 0 Å². The lowest BCUT2D eigenvalue weighted by Gasteiger charge is -2.39. The fraction of sp³-hybridized carbons (Fsp3) is 0.917. The lowest BCUT2D eigenvalue weighted by atomic mass is 9.97. The summed E-state index contributed by atoms with van der Waals surface area (Å²) < 4.78 is 0. The first-order chi connectivity index (χ1) is 7.56. The highest BCUT2D eigenvalue weighted by Crippen LogP contribution is 2.19. The lowest BCUT2D eigenvalue weighted by molar-refractivity contribution is -0.133. The van der Waals surface area contributed by atoms with Crippen molar-refractivity contribution < 1.29 is 4.79 Å². The summed E-state index contributed by atoms with van der Waals surface area (Å²) in [6.07, 6.45) is 2.80. The van der Waals surface area contributed by atoms with Crippen molar-refractivity contribution in [1.29, 1.82) is 0 Å². The van der Waals surface area contributed by atoms with E-state index in [-0.39, 0.29) is 30.7 Å². The Labute approximate surface area is 123 Å². The van der Waals surface area contributed by atoms with E-state index < -0.39 is 0 Å². The number of amides is 1. The molecule has 1 saturated heterocycles. The van der Waals surface area contributed by atoms with Crippen LogP contribution in [-0.4, -0.2) is 62.0 Å². The van der Waals surface area contributed by atoms with E-state index in [4.69, 9.17) is 0 Å². The van der Waals surface area contributed by atoms with E-state index >= 15 is 0 Å². The van der Waals surface area contributed by atoms with Crippen LogP contribution in [0.2, 0.25) is 0 Å². The number of carbonyl (C=O) groups excluding carboxylic acids is 1. The minimum Gasteiger partial charge on any atom is -0.343 e. The highest BCUT2D eigenvalue weighted by Gasteiger charge is 2.27. The summed E-state index contributed by atoms with van der Waals surface area (Å²) in [6, 6.07) is 1.01. The topological polar surface area (TPSA) is 35.6 Å². The third-order valence-corrected chi connectivity index (χ3v) is 3.71. The van der Waals surface area contributed by atoms with Gasteiger partial charge in [0.25, 0.3) is 0 Å². The van der Waals surface area contributed by atoms with Gasteiger partial charge in [-0.15, -0.1) is 24.8 Å². The number of nitrogens with one attached hydrogen (secondary N) is 1. The van der Waals surface area contributed by atoms with Crippen molar-refractivity contribution in [3.8, 4) is 0 Å². The Morgan fingerprint density at radius 3 is 2.56 bits per heavy atom. The molecular formula is C12H27Cl2N3O. The molecular weight excluding hydrogens is 273 g/mol. The first-order valence-corrected chi connectivity index (χ1v) is 6.16. The minimum absolute atomic E-state index is 0. The first-order valence-electron chi connectivity index (χ1n) is 6.16. The predicted octanol–water partition coefficient (Wildman–Crippen LogP) is 1.38. The molecule has 18 heavy (non-hydrogen) atoms. The quantitative estimate of drug-likeness (QED) is 0.852. The monoisotopic (exact) mass is 299 g/mol. The molecule has 1 heterocycles. The summed E-state index contributed by atoms with van der Waals surface area (Å²) in [5.74, 6) is 0.260. The van der Waals surface area contributed by atoms with E-state index in [1.165, 1.54) is 0 Å². The Kier molecular flexibility index (Phi) is 11.1. The van der Waals surface area contributed by atoms with E-state index in [1.54, 1.807) is 0 Å². The average molecular weight is 300 g/mol. The fourth-order valence-corrected chi connectivity index (χ4v) is 2.23. The van der Waals surface area contributed by atoms with Gasteiger partial charge in [0, 0.05) is 38.6 Å². The molecule has 0 spiro atoms. The molecule has 6 heteroatoms. The Hall–Kier alpha value is -0.0300. The average Bonchev–Trinajstić information content (AvgIpc) is 2.28. The zero-order chi connectivity index (χ0) is 12.1. The molecule has 0 bridgehead atoms. The summed E-state index contributed by atoms with van der Waals surface area (Å²) >= 11 is 0. The zero-order valence-electron chi connectivity index (χ0n) is 11.8. The number of carbonyl (C=O) groups is 1. The lowest BCUT2D eigenvalue weighted by Crippen LogP contribution is -2.48. The third-order valence-electron chi connectivity index (χ3n) is 3.71. The van der Waals surface area contributed by atoms with Crippen LogP contribution in [0.3, 0.4) is 0 Å². The molecule has 0 radical (unpaired) electrons. The molecule has 1 aliphatic heterocycles. The van der Waals surface area contributed by atoms with Crippen molar-refractivity contribution in [2.24, 2.45) is 0 Å². The largest absolute Gasteiger partial charge is 0.343 e. The smallest absolute Gasteiger partial charge is 0.223 e. The van der Waals surface area contributed by atoms with Crippen LogP contribution in [0.1, 0.15) is 26.2 Å². The second kappa shape index (κ2) is 9.84. The second-order valence-corrected chi connectivity index (χ2v) is 4.87. The zero-order valence-corrected chi connectivity index (χ0v) is 13.4. The molecule has 1 N–H and O–H groups in total. The van der Waals surface area contributed by atoms with Crippen LogP contribution in [0.25, 0.3) is 0 Å². The number of likely N-dealkylation sites (tertiary alicyclic amines) is 1. The minimum atomic E-state index is 0. The van der Waals surface area contributed by atoms with Crippen molar-refractivity contribution in [3.05, 3.63) is 0 Å². The maximum atomic E-state index is 11.9. The van der Waals surface area contributed by atoms with Crippen molar-refractivity contribution in [1.82, 2.24) is 15.1 Å². The van der Waals surface area contributed by atoms with Crippen LogP contribution in [0.15, 0.2) is 0 Å². The summed E-state index contributed by atoms with van der Waals surface area (Å²) in [5, 5.41) is 3.02. The molecule has 0 aromatic rings. The van der Waals surface area contributed by atoms with Gasteiger partial charge in [-0.3, -0.25) is 4.79 Å². The van der Waals surface area contributed by atoms with Gasteiger partial charge in [-0.1, -0.05) is 0 Å². The molecule has 4 nitrogen and oxygen atoms in total. The SMILES string of the molecule is CNCCC(=O)N(C)C1CCN(C)C(C)C1.Cl.Cl. The molecule has 1 aliphatic rings. The Bertz CT molecular complexity index is 241. The number of piperidine rings is 1. The Morgan fingerprint density at radius 2 is 2.06 bits per heavy atom. The summed E-state index contributed by atoms with van der Waals surface area (Å²) in [6.45, 7) is 4.10. The van der Waals surface area contributed by atoms with Gasteiger partial charge in [0.15, 0.2) is 0 Å². The van der Waals surface area contributed by atoms with E-state index in [0.717, 1.165) is 25.9 Å². The fourth-order valence-electron chi connectivity index (χ4n) is 2.23. The van der Waals surface area contributed by atoms with Crippen LogP contribution in [0.4, 0.5) is 0 Å². The van der Waals surface area contributed by atoms with Crippen molar-refractivity contribution in [2.45, 2.75) is 38.3 Å². The molecule has 110 valence electrons. The number of nitrogens with zero attached hydrogens (tertiary/aromatic N) is 2. The molecule has 2 unspecified atom stereocenters. The maximum Gasteiger partial charge on any atom is 0.223 e. The van der Waals surface area contributed by atoms with Gasteiger partial charge >= 0.3 is 0 Å².